The number of hydrogen-bond acceptors (Lipinski definition) is 6. The fourth-order valence-electron chi connectivity index (χ4n) is 4.56. The van der Waals surface area contributed by atoms with Gasteiger partial charge >= 0.3 is 6.09 Å². The Morgan fingerprint density at radius 1 is 1.26 bits per heavy atom. The molecule has 4 heterocycles. The number of ether oxygens (including phenoxy) is 2. The lowest BCUT2D eigenvalue weighted by Gasteiger charge is -2.31. The van der Waals surface area contributed by atoms with Crippen LogP contribution in [0.3, 0.4) is 0 Å². The normalized spacial score (nSPS) is 17.2. The average Bonchev–Trinajstić information content (AvgIpc) is 3.30. The molecule has 162 valence electrons. The first kappa shape index (κ1) is 19.7. The molecule has 0 saturated carbocycles. The van der Waals surface area contributed by atoms with E-state index in [2.05, 4.69) is 21.6 Å². The molecule has 1 amide bonds. The highest BCUT2D eigenvalue weighted by atomic mass is 19.1. The molecule has 1 N–H and O–H groups in total. The molecule has 0 aliphatic carbocycles. The third kappa shape index (κ3) is 3.59. The van der Waals surface area contributed by atoms with Crippen molar-refractivity contribution in [1.82, 2.24) is 19.5 Å². The molecule has 0 bridgehead atoms. The van der Waals surface area contributed by atoms with Gasteiger partial charge in [-0.15, -0.1) is 10.2 Å². The molecule has 31 heavy (non-hydrogen) atoms. The molecule has 2 aliphatic heterocycles. The van der Waals surface area contributed by atoms with E-state index in [9.17, 15) is 9.18 Å². The average molecular weight is 425 g/mol. The monoisotopic (exact) mass is 425 g/mol. The Morgan fingerprint density at radius 3 is 2.87 bits per heavy atom. The second-order valence-corrected chi connectivity index (χ2v) is 7.95. The number of piperidine rings is 1. The van der Waals surface area contributed by atoms with Gasteiger partial charge in [0.1, 0.15) is 18.0 Å². The molecule has 0 radical (unpaired) electrons. The SMILES string of the molecule is COC(=O)N1CCC(c2cc3c(n4cnnc24)NCc2c(F)cccc2COC3)CC1. The van der Waals surface area contributed by atoms with E-state index in [1.165, 1.54) is 13.2 Å². The topological polar surface area (TPSA) is 81.0 Å². The smallest absolute Gasteiger partial charge is 0.409 e. The van der Waals surface area contributed by atoms with Crippen LogP contribution in [-0.4, -0.2) is 45.8 Å². The number of anilines is 1. The van der Waals surface area contributed by atoms with Crippen molar-refractivity contribution in [3.8, 4) is 0 Å². The Hall–Kier alpha value is -3.20. The van der Waals surface area contributed by atoms with Crippen LogP contribution in [-0.2, 0) is 29.2 Å². The number of likely N-dealkylation sites (tertiary alicyclic amines) is 1. The van der Waals surface area contributed by atoms with Crippen molar-refractivity contribution < 1.29 is 18.7 Å². The van der Waals surface area contributed by atoms with Gasteiger partial charge in [0.25, 0.3) is 0 Å². The van der Waals surface area contributed by atoms with E-state index in [1.54, 1.807) is 17.3 Å². The lowest BCUT2D eigenvalue weighted by molar-refractivity contribution is 0.107. The van der Waals surface area contributed by atoms with E-state index < -0.39 is 0 Å². The van der Waals surface area contributed by atoms with Gasteiger partial charge in [-0.25, -0.2) is 9.18 Å². The van der Waals surface area contributed by atoms with Gasteiger partial charge in [-0.1, -0.05) is 12.1 Å². The van der Waals surface area contributed by atoms with Crippen molar-refractivity contribution in [1.29, 1.82) is 0 Å². The van der Waals surface area contributed by atoms with Crippen molar-refractivity contribution in [2.75, 3.05) is 25.5 Å². The first-order chi connectivity index (χ1) is 15.2. The number of nitrogens with zero attached hydrogens (tertiary/aromatic N) is 4. The highest BCUT2D eigenvalue weighted by Crippen LogP contribution is 2.34. The van der Waals surface area contributed by atoms with Crippen molar-refractivity contribution >= 4 is 17.6 Å². The Kier molecular flexibility index (Phi) is 5.19. The third-order valence-corrected chi connectivity index (χ3v) is 6.21. The minimum Gasteiger partial charge on any atom is -0.453 e. The summed E-state index contributed by atoms with van der Waals surface area (Å²) >= 11 is 0. The summed E-state index contributed by atoms with van der Waals surface area (Å²) in [5, 5.41) is 11.9. The van der Waals surface area contributed by atoms with Crippen LogP contribution in [0.15, 0.2) is 30.6 Å². The van der Waals surface area contributed by atoms with Crippen molar-refractivity contribution in [2.45, 2.75) is 38.5 Å². The van der Waals surface area contributed by atoms with Gasteiger partial charge in [-0.3, -0.25) is 4.40 Å². The zero-order chi connectivity index (χ0) is 21.4. The molecule has 1 fully saturated rings. The number of hydrogen-bond donors (Lipinski definition) is 1. The second-order valence-electron chi connectivity index (χ2n) is 7.95. The maximum atomic E-state index is 14.4. The van der Waals surface area contributed by atoms with Crippen LogP contribution < -0.4 is 5.32 Å². The van der Waals surface area contributed by atoms with E-state index >= 15 is 0 Å². The quantitative estimate of drug-likeness (QED) is 0.643. The molecular weight excluding hydrogens is 401 g/mol. The number of fused-ring (bicyclic) bond motifs is 4. The van der Waals surface area contributed by atoms with Gasteiger partial charge in [-0.05, 0) is 36.5 Å². The Labute approximate surface area is 179 Å². The first-order valence-electron chi connectivity index (χ1n) is 10.4. The highest BCUT2D eigenvalue weighted by Gasteiger charge is 2.28. The van der Waals surface area contributed by atoms with E-state index in [0.717, 1.165) is 41.0 Å². The summed E-state index contributed by atoms with van der Waals surface area (Å²) in [6.45, 7) is 2.36. The number of carbonyl (C=O) groups is 1. The predicted molar refractivity (Wildman–Crippen MR) is 111 cm³/mol. The summed E-state index contributed by atoms with van der Waals surface area (Å²) in [5.41, 5.74) is 4.29. The van der Waals surface area contributed by atoms with Crippen LogP contribution in [0.2, 0.25) is 0 Å². The third-order valence-electron chi connectivity index (χ3n) is 6.21. The van der Waals surface area contributed by atoms with Crippen LogP contribution in [0.5, 0.6) is 0 Å². The molecule has 0 unspecified atom stereocenters. The van der Waals surface area contributed by atoms with Crippen molar-refractivity contribution in [3.05, 3.63) is 58.7 Å². The molecule has 0 spiro atoms. The van der Waals surface area contributed by atoms with Gasteiger partial charge in [0.05, 0.1) is 20.3 Å². The summed E-state index contributed by atoms with van der Waals surface area (Å²) in [7, 11) is 1.41. The summed E-state index contributed by atoms with van der Waals surface area (Å²) in [4.78, 5) is 13.5. The molecule has 8 nitrogen and oxygen atoms in total. The molecule has 3 aromatic rings. The minimum atomic E-state index is -0.287. The van der Waals surface area contributed by atoms with Crippen molar-refractivity contribution in [3.63, 3.8) is 0 Å². The van der Waals surface area contributed by atoms with Crippen LogP contribution in [0, 0.1) is 5.82 Å². The summed E-state index contributed by atoms with van der Waals surface area (Å²) in [6, 6.07) is 7.19. The standard InChI is InChI=1S/C22H24FN5O3/c1-30-22(29)27-7-5-14(6-8-27)17-9-16-12-31-11-15-3-2-4-19(23)18(15)10-24-20(16)28-13-25-26-21(17)28/h2-4,9,13-14,24H,5-8,10-12H2,1H3. The van der Waals surface area contributed by atoms with Gasteiger partial charge in [0, 0.05) is 36.3 Å². The fraction of sp³-hybridized carbons (Fsp3) is 0.409. The zero-order valence-electron chi connectivity index (χ0n) is 17.3. The van der Waals surface area contributed by atoms with Gasteiger partial charge < -0.3 is 19.7 Å². The molecular formula is C22H24FN5O3. The number of carbonyl (C=O) groups excluding carboxylic acids is 1. The van der Waals surface area contributed by atoms with E-state index in [1.807, 2.05) is 10.5 Å². The van der Waals surface area contributed by atoms with Gasteiger partial charge in [-0.2, -0.15) is 0 Å². The predicted octanol–water partition coefficient (Wildman–Crippen LogP) is 3.46. The Balaban J connectivity index is 1.48. The summed E-state index contributed by atoms with van der Waals surface area (Å²) in [5.74, 6) is 0.818. The first-order valence-corrected chi connectivity index (χ1v) is 10.4. The lowest BCUT2D eigenvalue weighted by atomic mass is 9.89. The molecule has 9 heteroatoms. The van der Waals surface area contributed by atoms with E-state index in [4.69, 9.17) is 9.47 Å². The number of benzene rings is 1. The zero-order valence-corrected chi connectivity index (χ0v) is 17.3. The summed E-state index contributed by atoms with van der Waals surface area (Å²) in [6.07, 6.45) is 3.03. The van der Waals surface area contributed by atoms with Crippen LogP contribution >= 0.6 is 0 Å². The van der Waals surface area contributed by atoms with E-state index in [0.29, 0.717) is 38.4 Å². The maximum Gasteiger partial charge on any atom is 0.409 e. The van der Waals surface area contributed by atoms with Crippen LogP contribution in [0.1, 0.15) is 41.0 Å². The molecule has 1 saturated heterocycles. The number of amides is 1. The molecule has 1 aromatic carbocycles. The number of nitrogens with one attached hydrogen (secondary N) is 1. The molecule has 2 aromatic heterocycles. The number of pyridine rings is 1. The van der Waals surface area contributed by atoms with Gasteiger partial charge in [0.2, 0.25) is 0 Å². The number of rotatable bonds is 1. The number of methoxy groups -OCH3 is 1. The Bertz CT molecular complexity index is 1120. The van der Waals surface area contributed by atoms with Crippen LogP contribution in [0.4, 0.5) is 15.0 Å². The molecule has 0 atom stereocenters. The minimum absolute atomic E-state index is 0.244. The number of aromatic nitrogens is 3. The number of halogens is 1. The van der Waals surface area contributed by atoms with Crippen molar-refractivity contribution in [2.24, 2.45) is 0 Å². The fourth-order valence-corrected chi connectivity index (χ4v) is 4.56. The van der Waals surface area contributed by atoms with Gasteiger partial charge in [0.15, 0.2) is 5.65 Å². The maximum absolute atomic E-state index is 14.4. The molecule has 5 rings (SSSR count). The summed E-state index contributed by atoms with van der Waals surface area (Å²) < 4.78 is 27.1. The largest absolute Gasteiger partial charge is 0.453 e. The van der Waals surface area contributed by atoms with E-state index in [-0.39, 0.29) is 17.8 Å². The highest BCUT2D eigenvalue weighted by molar-refractivity contribution is 5.67. The Morgan fingerprint density at radius 2 is 2.06 bits per heavy atom. The lowest BCUT2D eigenvalue weighted by Crippen LogP contribution is -2.37. The second kappa shape index (κ2) is 8.14. The van der Waals surface area contributed by atoms with Crippen LogP contribution in [0.25, 0.3) is 5.65 Å². The molecule has 2 aliphatic rings.